The van der Waals surface area contributed by atoms with Crippen LogP contribution in [-0.4, -0.2) is 13.1 Å². The maximum absolute atomic E-state index is 11.1. The molecule has 0 fully saturated rings. The van der Waals surface area contributed by atoms with Crippen LogP contribution in [0.25, 0.3) is 10.4 Å². The van der Waals surface area contributed by atoms with Crippen molar-refractivity contribution in [3.8, 4) is 0 Å². The number of carbonyl (C=O) groups excluding carboxylic acids is 1. The minimum atomic E-state index is -0.377. The van der Waals surface area contributed by atoms with Gasteiger partial charge in [0.25, 0.3) is 0 Å². The van der Waals surface area contributed by atoms with Gasteiger partial charge in [0.15, 0.2) is 0 Å². The highest BCUT2D eigenvalue weighted by atomic mass is 16.5. The first-order chi connectivity index (χ1) is 7.19. The molecule has 0 bridgehead atoms. The lowest BCUT2D eigenvalue weighted by atomic mass is 10.1. The molecule has 0 amide bonds. The summed E-state index contributed by atoms with van der Waals surface area (Å²) in [4.78, 5) is 13.8. The zero-order valence-corrected chi connectivity index (χ0v) is 8.54. The van der Waals surface area contributed by atoms with Crippen molar-refractivity contribution in [1.29, 1.82) is 0 Å². The Morgan fingerprint density at radius 3 is 2.53 bits per heavy atom. The van der Waals surface area contributed by atoms with Crippen molar-refractivity contribution < 1.29 is 9.53 Å². The van der Waals surface area contributed by atoms with Crippen molar-refractivity contribution in [1.82, 2.24) is 0 Å². The molecular formula is C10H11N3O2. The standard InChI is InChI=1S/C10H11N3O2/c1-7(12-13-11)8-3-5-9(6-4-8)10(14)15-2/h3-7H,1-2H3/t7-/m1/s1. The van der Waals surface area contributed by atoms with E-state index in [0.29, 0.717) is 5.56 Å². The smallest absolute Gasteiger partial charge is 0.337 e. The normalized spacial score (nSPS) is 11.3. The quantitative estimate of drug-likeness (QED) is 0.329. The average Bonchev–Trinajstić information content (AvgIpc) is 2.28. The van der Waals surface area contributed by atoms with Gasteiger partial charge in [0.1, 0.15) is 0 Å². The summed E-state index contributed by atoms with van der Waals surface area (Å²) in [6.45, 7) is 1.78. The number of benzene rings is 1. The molecule has 0 aromatic heterocycles. The fourth-order valence-electron chi connectivity index (χ4n) is 1.16. The second kappa shape index (κ2) is 5.02. The van der Waals surface area contributed by atoms with Crippen LogP contribution in [-0.2, 0) is 4.74 Å². The lowest BCUT2D eigenvalue weighted by Gasteiger charge is -2.05. The number of hydrogen-bond acceptors (Lipinski definition) is 3. The summed E-state index contributed by atoms with van der Waals surface area (Å²) in [6.07, 6.45) is 0. The van der Waals surface area contributed by atoms with Crippen molar-refractivity contribution in [3.05, 3.63) is 45.8 Å². The molecule has 1 aromatic rings. The molecule has 0 saturated carbocycles. The molecule has 0 spiro atoms. The van der Waals surface area contributed by atoms with Gasteiger partial charge in [-0.05, 0) is 23.2 Å². The van der Waals surface area contributed by atoms with E-state index in [1.54, 1.807) is 31.2 Å². The van der Waals surface area contributed by atoms with E-state index in [4.69, 9.17) is 5.53 Å². The Kier molecular flexibility index (Phi) is 3.71. The van der Waals surface area contributed by atoms with E-state index >= 15 is 0 Å². The SMILES string of the molecule is COC(=O)c1ccc([C@@H](C)N=[N+]=[N-])cc1. The van der Waals surface area contributed by atoms with Crippen LogP contribution in [0.5, 0.6) is 0 Å². The van der Waals surface area contributed by atoms with Gasteiger partial charge in [0.2, 0.25) is 0 Å². The molecule has 1 rings (SSSR count). The second-order valence-corrected chi connectivity index (χ2v) is 2.99. The predicted molar refractivity (Wildman–Crippen MR) is 55.3 cm³/mol. The molecular weight excluding hydrogens is 194 g/mol. The van der Waals surface area contributed by atoms with Gasteiger partial charge in [-0.1, -0.05) is 24.2 Å². The molecule has 0 aliphatic rings. The summed E-state index contributed by atoms with van der Waals surface area (Å²) in [6, 6.07) is 6.54. The largest absolute Gasteiger partial charge is 0.465 e. The van der Waals surface area contributed by atoms with Crippen LogP contribution in [0.1, 0.15) is 28.9 Å². The third-order valence-corrected chi connectivity index (χ3v) is 2.04. The fraction of sp³-hybridized carbons (Fsp3) is 0.300. The van der Waals surface area contributed by atoms with Gasteiger partial charge < -0.3 is 4.74 Å². The van der Waals surface area contributed by atoms with E-state index in [9.17, 15) is 4.79 Å². The van der Waals surface area contributed by atoms with E-state index in [-0.39, 0.29) is 12.0 Å². The maximum atomic E-state index is 11.1. The van der Waals surface area contributed by atoms with Crippen LogP contribution in [0.4, 0.5) is 0 Å². The van der Waals surface area contributed by atoms with E-state index in [2.05, 4.69) is 14.8 Å². The van der Waals surface area contributed by atoms with E-state index in [1.807, 2.05) is 0 Å². The molecule has 0 unspecified atom stereocenters. The van der Waals surface area contributed by atoms with Gasteiger partial charge in [-0.15, -0.1) is 0 Å². The molecule has 5 nitrogen and oxygen atoms in total. The molecule has 0 N–H and O–H groups in total. The first-order valence-corrected chi connectivity index (χ1v) is 4.41. The minimum Gasteiger partial charge on any atom is -0.465 e. The minimum absolute atomic E-state index is 0.235. The summed E-state index contributed by atoms with van der Waals surface area (Å²) in [5.41, 5.74) is 9.61. The van der Waals surface area contributed by atoms with Gasteiger partial charge in [0.05, 0.1) is 18.7 Å². The maximum Gasteiger partial charge on any atom is 0.337 e. The molecule has 0 aliphatic carbocycles. The van der Waals surface area contributed by atoms with Gasteiger partial charge in [-0.25, -0.2) is 4.79 Å². The lowest BCUT2D eigenvalue weighted by molar-refractivity contribution is 0.0600. The van der Waals surface area contributed by atoms with E-state index in [1.165, 1.54) is 7.11 Å². The van der Waals surface area contributed by atoms with Crippen LogP contribution in [0.2, 0.25) is 0 Å². The molecule has 0 aliphatic heterocycles. The number of carbonyl (C=O) groups is 1. The third-order valence-electron chi connectivity index (χ3n) is 2.04. The Labute approximate surface area is 87.3 Å². The molecule has 0 saturated heterocycles. The average molecular weight is 205 g/mol. The Hall–Kier alpha value is -2.00. The van der Waals surface area contributed by atoms with Crippen LogP contribution >= 0.6 is 0 Å². The zero-order chi connectivity index (χ0) is 11.3. The number of azide groups is 1. The van der Waals surface area contributed by atoms with Crippen molar-refractivity contribution in [3.63, 3.8) is 0 Å². The number of ether oxygens (including phenoxy) is 1. The third kappa shape index (κ3) is 2.72. The molecule has 0 radical (unpaired) electrons. The summed E-state index contributed by atoms with van der Waals surface area (Å²) in [5, 5.41) is 3.55. The molecule has 78 valence electrons. The number of hydrogen-bond donors (Lipinski definition) is 0. The van der Waals surface area contributed by atoms with Crippen LogP contribution in [0.3, 0.4) is 0 Å². The topological polar surface area (TPSA) is 75.1 Å². The van der Waals surface area contributed by atoms with Gasteiger partial charge in [0, 0.05) is 4.91 Å². The van der Waals surface area contributed by atoms with Gasteiger partial charge in [-0.2, -0.15) is 0 Å². The van der Waals surface area contributed by atoms with E-state index < -0.39 is 0 Å². The molecule has 1 aromatic carbocycles. The summed E-state index contributed by atoms with van der Waals surface area (Å²) in [7, 11) is 1.33. The highest BCUT2D eigenvalue weighted by Gasteiger charge is 2.06. The second-order valence-electron chi connectivity index (χ2n) is 2.99. The summed E-state index contributed by atoms with van der Waals surface area (Å²) < 4.78 is 4.56. The van der Waals surface area contributed by atoms with Crippen molar-refractivity contribution in [2.45, 2.75) is 13.0 Å². The Morgan fingerprint density at radius 2 is 2.07 bits per heavy atom. The number of rotatable bonds is 3. The first kappa shape index (κ1) is 11.1. The fourth-order valence-corrected chi connectivity index (χ4v) is 1.16. The van der Waals surface area contributed by atoms with Gasteiger partial charge in [-0.3, -0.25) is 0 Å². The van der Waals surface area contributed by atoms with Crippen LogP contribution in [0.15, 0.2) is 29.4 Å². The highest BCUT2D eigenvalue weighted by Crippen LogP contribution is 2.17. The number of esters is 1. The number of nitrogens with zero attached hydrogens (tertiary/aromatic N) is 3. The summed E-state index contributed by atoms with van der Waals surface area (Å²) in [5.74, 6) is -0.377. The Morgan fingerprint density at radius 1 is 1.47 bits per heavy atom. The molecule has 1 atom stereocenters. The molecule has 15 heavy (non-hydrogen) atoms. The first-order valence-electron chi connectivity index (χ1n) is 4.41. The zero-order valence-electron chi connectivity index (χ0n) is 8.54. The highest BCUT2D eigenvalue weighted by molar-refractivity contribution is 5.89. The predicted octanol–water partition coefficient (Wildman–Crippen LogP) is 2.84. The van der Waals surface area contributed by atoms with Gasteiger partial charge >= 0.3 is 5.97 Å². The molecule has 5 heteroatoms. The molecule has 0 heterocycles. The van der Waals surface area contributed by atoms with Crippen LogP contribution in [0, 0.1) is 0 Å². The lowest BCUT2D eigenvalue weighted by Crippen LogP contribution is -2.01. The monoisotopic (exact) mass is 205 g/mol. The van der Waals surface area contributed by atoms with Crippen molar-refractivity contribution in [2.75, 3.05) is 7.11 Å². The van der Waals surface area contributed by atoms with Crippen molar-refractivity contribution in [2.24, 2.45) is 5.11 Å². The number of methoxy groups -OCH3 is 1. The summed E-state index contributed by atoms with van der Waals surface area (Å²) >= 11 is 0. The van der Waals surface area contributed by atoms with Crippen LogP contribution < -0.4 is 0 Å². The van der Waals surface area contributed by atoms with Crippen molar-refractivity contribution >= 4 is 5.97 Å². The Bertz CT molecular complexity index is 394. The van der Waals surface area contributed by atoms with E-state index in [0.717, 1.165) is 5.56 Å². The Balaban J connectivity index is 2.89.